The van der Waals surface area contributed by atoms with Crippen molar-refractivity contribution in [1.82, 2.24) is 4.98 Å². The lowest BCUT2D eigenvalue weighted by molar-refractivity contribution is 0.0594. The summed E-state index contributed by atoms with van der Waals surface area (Å²) >= 11 is 9.39. The number of fused-ring (bicyclic) bond motifs is 1. The number of rotatable bonds is 5. The highest BCUT2D eigenvalue weighted by atomic mass is 79.9. The van der Waals surface area contributed by atoms with Crippen LogP contribution in [0.25, 0.3) is 10.9 Å². The summed E-state index contributed by atoms with van der Waals surface area (Å²) in [6, 6.07) is 14.0. The van der Waals surface area contributed by atoms with E-state index in [2.05, 4.69) is 26.2 Å². The molecule has 0 fully saturated rings. The van der Waals surface area contributed by atoms with Crippen molar-refractivity contribution in [1.29, 1.82) is 0 Å². The molecular formula is C19H16BrClN2O3. The van der Waals surface area contributed by atoms with Gasteiger partial charge >= 0.3 is 5.97 Å². The Labute approximate surface area is 164 Å². The van der Waals surface area contributed by atoms with Gasteiger partial charge in [0, 0.05) is 20.6 Å². The number of aliphatic hydroxyl groups excluding tert-OH is 1. The van der Waals surface area contributed by atoms with Gasteiger partial charge in [0.25, 0.3) is 0 Å². The van der Waals surface area contributed by atoms with E-state index in [1.807, 2.05) is 30.3 Å². The third kappa shape index (κ3) is 3.98. The predicted molar refractivity (Wildman–Crippen MR) is 106 cm³/mol. The minimum atomic E-state index is -0.523. The van der Waals surface area contributed by atoms with E-state index < -0.39 is 5.97 Å². The number of halogens is 2. The number of nitrogens with zero attached hydrogens (tertiary/aromatic N) is 1. The molecule has 1 atom stereocenters. The summed E-state index contributed by atoms with van der Waals surface area (Å²) in [5.74, 6) is -0.523. The number of hydrogen-bond acceptors (Lipinski definition) is 5. The van der Waals surface area contributed by atoms with Crippen molar-refractivity contribution in [2.75, 3.05) is 19.0 Å². The second kappa shape index (κ2) is 8.03. The topological polar surface area (TPSA) is 71.5 Å². The van der Waals surface area contributed by atoms with Gasteiger partial charge in [-0.25, -0.2) is 9.78 Å². The van der Waals surface area contributed by atoms with Crippen LogP contribution in [0, 0.1) is 0 Å². The second-order valence-electron chi connectivity index (χ2n) is 5.64. The molecule has 0 radical (unpaired) electrons. The maximum absolute atomic E-state index is 12.0. The fourth-order valence-electron chi connectivity index (χ4n) is 2.64. The molecule has 0 amide bonds. The van der Waals surface area contributed by atoms with Crippen LogP contribution in [-0.2, 0) is 4.74 Å². The number of aromatic nitrogens is 1. The van der Waals surface area contributed by atoms with Crippen molar-refractivity contribution in [2.45, 2.75) is 6.04 Å². The van der Waals surface area contributed by atoms with E-state index in [1.165, 1.54) is 7.11 Å². The molecule has 3 rings (SSSR count). The number of benzene rings is 2. The van der Waals surface area contributed by atoms with Crippen LogP contribution in [0.15, 0.2) is 53.0 Å². The van der Waals surface area contributed by atoms with E-state index in [4.69, 9.17) is 16.3 Å². The Balaban J connectivity index is 2.07. The number of nitrogens with one attached hydrogen (secondary N) is 1. The SMILES string of the molecule is COC(=O)c1cc(NC(CO)c2ccc(Cl)cc2)c2cc(Br)ccc2n1. The molecule has 0 aliphatic rings. The van der Waals surface area contributed by atoms with Gasteiger partial charge in [-0.3, -0.25) is 0 Å². The fraction of sp³-hybridized carbons (Fsp3) is 0.158. The number of ether oxygens (including phenoxy) is 1. The van der Waals surface area contributed by atoms with Crippen LogP contribution >= 0.6 is 27.5 Å². The zero-order valence-electron chi connectivity index (χ0n) is 13.9. The first-order chi connectivity index (χ1) is 12.5. The molecule has 2 N–H and O–H groups in total. The summed E-state index contributed by atoms with van der Waals surface area (Å²) in [7, 11) is 1.31. The molecule has 0 spiro atoms. The molecular weight excluding hydrogens is 420 g/mol. The van der Waals surface area contributed by atoms with Crippen molar-refractivity contribution >= 4 is 50.1 Å². The lowest BCUT2D eigenvalue weighted by atomic mass is 10.1. The van der Waals surface area contributed by atoms with Crippen LogP contribution in [-0.4, -0.2) is 29.8 Å². The maximum Gasteiger partial charge on any atom is 0.356 e. The standard InChI is InChI=1S/C19H16BrClN2O3/c1-26-19(25)17-9-16(14-8-12(20)4-7-15(14)22-17)23-18(10-24)11-2-5-13(21)6-3-11/h2-9,18,24H,10H2,1H3,(H,22,23). The first-order valence-corrected chi connectivity index (χ1v) is 9.00. The molecule has 0 aliphatic carbocycles. The molecule has 1 aromatic heterocycles. The third-order valence-electron chi connectivity index (χ3n) is 3.95. The summed E-state index contributed by atoms with van der Waals surface area (Å²) in [5.41, 5.74) is 2.38. The Kier molecular flexibility index (Phi) is 5.76. The van der Waals surface area contributed by atoms with Gasteiger partial charge < -0.3 is 15.2 Å². The molecule has 0 bridgehead atoms. The molecule has 7 heteroatoms. The lowest BCUT2D eigenvalue weighted by Crippen LogP contribution is -2.16. The van der Waals surface area contributed by atoms with Gasteiger partial charge in [0.1, 0.15) is 0 Å². The molecule has 1 heterocycles. The number of esters is 1. The molecule has 2 aromatic carbocycles. The average molecular weight is 436 g/mol. The predicted octanol–water partition coefficient (Wildman–Crippen LogP) is 4.58. The van der Waals surface area contributed by atoms with Gasteiger partial charge in [0.15, 0.2) is 5.69 Å². The van der Waals surface area contributed by atoms with E-state index in [0.29, 0.717) is 16.2 Å². The second-order valence-corrected chi connectivity index (χ2v) is 6.99. The molecule has 3 aromatic rings. The Hall–Kier alpha value is -2.15. The minimum Gasteiger partial charge on any atom is -0.464 e. The summed E-state index contributed by atoms with van der Waals surface area (Å²) < 4.78 is 5.67. The van der Waals surface area contributed by atoms with Crippen LogP contribution < -0.4 is 5.32 Å². The van der Waals surface area contributed by atoms with E-state index in [1.54, 1.807) is 18.2 Å². The van der Waals surface area contributed by atoms with E-state index in [0.717, 1.165) is 15.4 Å². The molecule has 134 valence electrons. The summed E-state index contributed by atoms with van der Waals surface area (Å²) in [6.07, 6.45) is 0. The molecule has 5 nitrogen and oxygen atoms in total. The van der Waals surface area contributed by atoms with Gasteiger partial charge in [0.2, 0.25) is 0 Å². The molecule has 0 saturated carbocycles. The number of aliphatic hydroxyl groups is 1. The molecule has 1 unspecified atom stereocenters. The Morgan fingerprint density at radius 1 is 1.27 bits per heavy atom. The average Bonchev–Trinajstić information content (AvgIpc) is 2.66. The highest BCUT2D eigenvalue weighted by Gasteiger charge is 2.16. The van der Waals surface area contributed by atoms with Crippen LogP contribution in [0.3, 0.4) is 0 Å². The Morgan fingerprint density at radius 2 is 2.00 bits per heavy atom. The summed E-state index contributed by atoms with van der Waals surface area (Å²) in [5, 5.41) is 14.6. The largest absolute Gasteiger partial charge is 0.464 e. The zero-order chi connectivity index (χ0) is 18.7. The van der Waals surface area contributed by atoms with Crippen LogP contribution in [0.1, 0.15) is 22.1 Å². The van der Waals surface area contributed by atoms with Crippen molar-refractivity contribution in [3.63, 3.8) is 0 Å². The first-order valence-electron chi connectivity index (χ1n) is 7.83. The van der Waals surface area contributed by atoms with E-state index in [9.17, 15) is 9.90 Å². The monoisotopic (exact) mass is 434 g/mol. The number of hydrogen-bond donors (Lipinski definition) is 2. The smallest absolute Gasteiger partial charge is 0.356 e. The first kappa shape index (κ1) is 18.6. The lowest BCUT2D eigenvalue weighted by Gasteiger charge is -2.20. The Bertz CT molecular complexity index is 947. The van der Waals surface area contributed by atoms with Crippen LogP contribution in [0.2, 0.25) is 5.02 Å². The summed E-state index contributed by atoms with van der Waals surface area (Å²) in [4.78, 5) is 16.3. The summed E-state index contributed by atoms with van der Waals surface area (Å²) in [6.45, 7) is -0.132. The maximum atomic E-state index is 12.0. The van der Waals surface area contributed by atoms with Gasteiger partial charge in [0.05, 0.1) is 25.3 Å². The van der Waals surface area contributed by atoms with Gasteiger partial charge in [-0.2, -0.15) is 0 Å². The number of methoxy groups -OCH3 is 1. The number of anilines is 1. The normalized spacial score (nSPS) is 12.0. The van der Waals surface area contributed by atoms with Gasteiger partial charge in [-0.05, 0) is 42.0 Å². The highest BCUT2D eigenvalue weighted by Crippen LogP contribution is 2.30. The van der Waals surface area contributed by atoms with E-state index in [-0.39, 0.29) is 18.3 Å². The van der Waals surface area contributed by atoms with E-state index >= 15 is 0 Å². The third-order valence-corrected chi connectivity index (χ3v) is 4.70. The van der Waals surface area contributed by atoms with Gasteiger partial charge in [-0.1, -0.05) is 39.7 Å². The Morgan fingerprint density at radius 3 is 2.65 bits per heavy atom. The minimum absolute atomic E-state index is 0.132. The fourth-order valence-corrected chi connectivity index (χ4v) is 3.13. The van der Waals surface area contributed by atoms with Crippen molar-refractivity contribution in [3.05, 3.63) is 69.3 Å². The van der Waals surface area contributed by atoms with Crippen LogP contribution in [0.5, 0.6) is 0 Å². The van der Waals surface area contributed by atoms with Crippen molar-refractivity contribution in [2.24, 2.45) is 0 Å². The van der Waals surface area contributed by atoms with Crippen molar-refractivity contribution < 1.29 is 14.6 Å². The molecule has 0 saturated heterocycles. The number of carbonyl (C=O) groups excluding carboxylic acids is 1. The van der Waals surface area contributed by atoms with Gasteiger partial charge in [-0.15, -0.1) is 0 Å². The highest BCUT2D eigenvalue weighted by molar-refractivity contribution is 9.10. The number of carbonyl (C=O) groups is 1. The van der Waals surface area contributed by atoms with Crippen LogP contribution in [0.4, 0.5) is 5.69 Å². The number of pyridine rings is 1. The molecule has 0 aliphatic heterocycles. The zero-order valence-corrected chi connectivity index (χ0v) is 16.2. The molecule has 26 heavy (non-hydrogen) atoms. The van der Waals surface area contributed by atoms with Crippen molar-refractivity contribution in [3.8, 4) is 0 Å². The quantitative estimate of drug-likeness (QED) is 0.574.